The highest BCUT2D eigenvalue weighted by Gasteiger charge is 2.33. The van der Waals surface area contributed by atoms with E-state index in [0.29, 0.717) is 12.6 Å². The average Bonchev–Trinajstić information content (AvgIpc) is 3.14. The fraction of sp³-hybridized carbons (Fsp3) is 0.833. The van der Waals surface area contributed by atoms with Crippen LogP contribution in [0.4, 0.5) is 0 Å². The van der Waals surface area contributed by atoms with Crippen molar-refractivity contribution in [2.45, 2.75) is 51.6 Å². The number of nitrogens with two attached hydrogens (primary N) is 1. The molecule has 1 aromatic heterocycles. The highest BCUT2D eigenvalue weighted by atomic mass is 15.4. The van der Waals surface area contributed by atoms with E-state index < -0.39 is 0 Å². The molecule has 4 heteroatoms. The SMILES string of the molecule is CC(C1CC1)n1nnc(CN)c1CC1CC1. The molecule has 1 atom stereocenters. The van der Waals surface area contributed by atoms with Crippen molar-refractivity contribution in [3.05, 3.63) is 11.4 Å². The minimum Gasteiger partial charge on any atom is -0.325 e. The second kappa shape index (κ2) is 3.84. The van der Waals surface area contributed by atoms with Crippen molar-refractivity contribution in [3.63, 3.8) is 0 Å². The van der Waals surface area contributed by atoms with Crippen molar-refractivity contribution >= 4 is 0 Å². The highest BCUT2D eigenvalue weighted by Crippen LogP contribution is 2.41. The largest absolute Gasteiger partial charge is 0.325 e. The van der Waals surface area contributed by atoms with Crippen LogP contribution in [0.2, 0.25) is 0 Å². The molecular formula is C12H20N4. The summed E-state index contributed by atoms with van der Waals surface area (Å²) in [5.74, 6) is 1.69. The minimum absolute atomic E-state index is 0.515. The molecule has 4 nitrogen and oxygen atoms in total. The first kappa shape index (κ1) is 10.3. The van der Waals surface area contributed by atoms with Crippen molar-refractivity contribution in [1.82, 2.24) is 15.0 Å². The number of hydrogen-bond acceptors (Lipinski definition) is 3. The van der Waals surface area contributed by atoms with Crippen LogP contribution >= 0.6 is 0 Å². The lowest BCUT2D eigenvalue weighted by Gasteiger charge is -2.14. The van der Waals surface area contributed by atoms with Gasteiger partial charge in [0.2, 0.25) is 0 Å². The Hall–Kier alpha value is -0.900. The lowest BCUT2D eigenvalue weighted by Crippen LogP contribution is -2.14. The van der Waals surface area contributed by atoms with Gasteiger partial charge in [-0.05, 0) is 50.9 Å². The molecule has 0 amide bonds. The molecule has 3 rings (SSSR count). The Labute approximate surface area is 96.2 Å². The zero-order valence-electron chi connectivity index (χ0n) is 9.89. The third kappa shape index (κ3) is 1.86. The Morgan fingerprint density at radius 1 is 1.38 bits per heavy atom. The normalized spacial score (nSPS) is 22.4. The van der Waals surface area contributed by atoms with Gasteiger partial charge in [-0.2, -0.15) is 0 Å². The molecule has 0 aromatic carbocycles. The molecule has 0 bridgehead atoms. The number of nitrogens with zero attached hydrogens (tertiary/aromatic N) is 3. The molecule has 1 unspecified atom stereocenters. The number of aromatic nitrogens is 3. The molecule has 1 aromatic rings. The van der Waals surface area contributed by atoms with Crippen molar-refractivity contribution in [3.8, 4) is 0 Å². The molecule has 2 fully saturated rings. The first-order chi connectivity index (χ1) is 7.79. The Kier molecular flexibility index (Phi) is 2.46. The Balaban J connectivity index is 1.86. The van der Waals surface area contributed by atoms with Gasteiger partial charge >= 0.3 is 0 Å². The van der Waals surface area contributed by atoms with Gasteiger partial charge in [0.25, 0.3) is 0 Å². The van der Waals surface area contributed by atoms with Gasteiger partial charge in [0, 0.05) is 6.54 Å². The topological polar surface area (TPSA) is 56.7 Å². The second-order valence-corrected chi connectivity index (χ2v) is 5.36. The van der Waals surface area contributed by atoms with Gasteiger partial charge in [-0.25, -0.2) is 4.68 Å². The second-order valence-electron chi connectivity index (χ2n) is 5.36. The maximum Gasteiger partial charge on any atom is 0.0994 e. The fourth-order valence-electron chi connectivity index (χ4n) is 2.42. The van der Waals surface area contributed by atoms with Crippen molar-refractivity contribution in [2.24, 2.45) is 17.6 Å². The maximum atomic E-state index is 5.74. The molecule has 1 heterocycles. The van der Waals surface area contributed by atoms with Crippen LogP contribution in [-0.4, -0.2) is 15.0 Å². The third-order valence-electron chi connectivity index (χ3n) is 3.93. The quantitative estimate of drug-likeness (QED) is 0.821. The van der Waals surface area contributed by atoms with Crippen LogP contribution in [-0.2, 0) is 13.0 Å². The van der Waals surface area contributed by atoms with Crippen LogP contribution in [0.3, 0.4) is 0 Å². The summed E-state index contributed by atoms with van der Waals surface area (Å²) in [7, 11) is 0. The standard InChI is InChI=1S/C12H20N4/c1-8(10-4-5-10)16-12(6-9-2-3-9)11(7-13)14-15-16/h8-10H,2-7,13H2,1H3. The smallest absolute Gasteiger partial charge is 0.0994 e. The first-order valence-corrected chi connectivity index (χ1v) is 6.42. The van der Waals surface area contributed by atoms with E-state index in [1.807, 2.05) is 0 Å². The summed E-state index contributed by atoms with van der Waals surface area (Å²) < 4.78 is 2.15. The monoisotopic (exact) mass is 220 g/mol. The van der Waals surface area contributed by atoms with Crippen molar-refractivity contribution < 1.29 is 0 Å². The summed E-state index contributed by atoms with van der Waals surface area (Å²) in [6.07, 6.45) is 6.57. The van der Waals surface area contributed by atoms with Crippen LogP contribution in [0.5, 0.6) is 0 Å². The predicted octanol–water partition coefficient (Wildman–Crippen LogP) is 1.66. The Morgan fingerprint density at radius 3 is 2.69 bits per heavy atom. The summed E-state index contributed by atoms with van der Waals surface area (Å²) in [6.45, 7) is 2.79. The van der Waals surface area contributed by atoms with Gasteiger partial charge < -0.3 is 5.73 Å². The molecule has 0 radical (unpaired) electrons. The zero-order chi connectivity index (χ0) is 11.1. The molecule has 0 saturated heterocycles. The molecule has 2 saturated carbocycles. The first-order valence-electron chi connectivity index (χ1n) is 6.42. The van der Waals surface area contributed by atoms with Crippen LogP contribution in [0.1, 0.15) is 50.0 Å². The van der Waals surface area contributed by atoms with Gasteiger partial charge in [-0.1, -0.05) is 5.21 Å². The third-order valence-corrected chi connectivity index (χ3v) is 3.93. The van der Waals surface area contributed by atoms with Gasteiger partial charge in [0.05, 0.1) is 17.4 Å². The summed E-state index contributed by atoms with van der Waals surface area (Å²) in [5.41, 5.74) is 8.06. The zero-order valence-corrected chi connectivity index (χ0v) is 9.89. The van der Waals surface area contributed by atoms with E-state index in [-0.39, 0.29) is 0 Å². The average molecular weight is 220 g/mol. The van der Waals surface area contributed by atoms with E-state index in [1.54, 1.807) is 0 Å². The van der Waals surface area contributed by atoms with E-state index in [0.717, 1.165) is 24.0 Å². The van der Waals surface area contributed by atoms with Gasteiger partial charge in [0.15, 0.2) is 0 Å². The molecule has 16 heavy (non-hydrogen) atoms. The number of hydrogen-bond donors (Lipinski definition) is 1. The van der Waals surface area contributed by atoms with Crippen LogP contribution in [0, 0.1) is 11.8 Å². The molecule has 0 spiro atoms. The van der Waals surface area contributed by atoms with Crippen LogP contribution in [0.25, 0.3) is 0 Å². The van der Waals surface area contributed by atoms with Crippen LogP contribution in [0.15, 0.2) is 0 Å². The summed E-state index contributed by atoms with van der Waals surface area (Å²) in [5, 5.41) is 8.55. The molecule has 2 N–H and O–H groups in total. The Bertz CT molecular complexity index is 376. The van der Waals surface area contributed by atoms with E-state index in [2.05, 4.69) is 21.9 Å². The van der Waals surface area contributed by atoms with Crippen LogP contribution < -0.4 is 5.73 Å². The number of rotatable bonds is 5. The van der Waals surface area contributed by atoms with E-state index >= 15 is 0 Å². The van der Waals surface area contributed by atoms with E-state index in [1.165, 1.54) is 31.4 Å². The lowest BCUT2D eigenvalue weighted by molar-refractivity contribution is 0.412. The molecule has 2 aliphatic carbocycles. The van der Waals surface area contributed by atoms with Gasteiger partial charge in [0.1, 0.15) is 0 Å². The summed E-state index contributed by atoms with van der Waals surface area (Å²) in [4.78, 5) is 0. The maximum absolute atomic E-state index is 5.74. The van der Waals surface area contributed by atoms with E-state index in [4.69, 9.17) is 5.73 Å². The summed E-state index contributed by atoms with van der Waals surface area (Å²) in [6, 6.07) is 0.515. The Morgan fingerprint density at radius 2 is 2.12 bits per heavy atom. The van der Waals surface area contributed by atoms with Crippen molar-refractivity contribution in [2.75, 3.05) is 0 Å². The molecule has 88 valence electrons. The van der Waals surface area contributed by atoms with Crippen molar-refractivity contribution in [1.29, 1.82) is 0 Å². The molecular weight excluding hydrogens is 200 g/mol. The predicted molar refractivity (Wildman–Crippen MR) is 61.8 cm³/mol. The highest BCUT2D eigenvalue weighted by molar-refractivity contribution is 5.13. The fourth-order valence-corrected chi connectivity index (χ4v) is 2.42. The molecule has 0 aliphatic heterocycles. The lowest BCUT2D eigenvalue weighted by atomic mass is 10.1. The molecule has 2 aliphatic rings. The van der Waals surface area contributed by atoms with Gasteiger partial charge in [-0.3, -0.25) is 0 Å². The van der Waals surface area contributed by atoms with E-state index in [9.17, 15) is 0 Å². The minimum atomic E-state index is 0.515. The summed E-state index contributed by atoms with van der Waals surface area (Å²) >= 11 is 0. The van der Waals surface area contributed by atoms with Gasteiger partial charge in [-0.15, -0.1) is 5.10 Å².